The summed E-state index contributed by atoms with van der Waals surface area (Å²) in [5.41, 5.74) is 5.76. The van der Waals surface area contributed by atoms with E-state index in [-0.39, 0.29) is 41.4 Å². The number of alkyl halides is 3. The molecule has 0 atom stereocenters. The SMILES string of the molecule is CC1(CCN=C(N)Nc2ccccc2OC(F)(F)F)OCCO1.I. The van der Waals surface area contributed by atoms with Gasteiger partial charge < -0.3 is 25.3 Å². The average molecular weight is 461 g/mol. The molecule has 2 rings (SSSR count). The summed E-state index contributed by atoms with van der Waals surface area (Å²) in [7, 11) is 0. The van der Waals surface area contributed by atoms with Crippen LogP contribution in [-0.4, -0.2) is 37.9 Å². The number of nitrogens with one attached hydrogen (secondary N) is 1. The number of para-hydroxylation sites is 2. The highest BCUT2D eigenvalue weighted by Gasteiger charge is 2.32. The van der Waals surface area contributed by atoms with Gasteiger partial charge in [-0.3, -0.25) is 4.99 Å². The third kappa shape index (κ3) is 6.69. The van der Waals surface area contributed by atoms with Crippen molar-refractivity contribution in [1.29, 1.82) is 0 Å². The summed E-state index contributed by atoms with van der Waals surface area (Å²) in [5, 5.41) is 2.59. The molecule has 1 aliphatic heterocycles. The van der Waals surface area contributed by atoms with Gasteiger partial charge in [-0.05, 0) is 19.1 Å². The van der Waals surface area contributed by atoms with E-state index in [0.29, 0.717) is 26.2 Å². The molecular formula is C14H19F3IN3O3. The Hall–Kier alpha value is -1.27. The van der Waals surface area contributed by atoms with Crippen molar-refractivity contribution in [3.8, 4) is 5.75 Å². The minimum atomic E-state index is -4.78. The Balaban J connectivity index is 0.00000288. The van der Waals surface area contributed by atoms with E-state index >= 15 is 0 Å². The van der Waals surface area contributed by atoms with E-state index in [9.17, 15) is 13.2 Å². The van der Waals surface area contributed by atoms with E-state index < -0.39 is 12.1 Å². The minimum Gasteiger partial charge on any atom is -0.404 e. The number of nitrogens with zero attached hydrogens (tertiary/aromatic N) is 1. The number of anilines is 1. The monoisotopic (exact) mass is 461 g/mol. The molecule has 1 saturated heterocycles. The average Bonchev–Trinajstić information content (AvgIpc) is 2.86. The van der Waals surface area contributed by atoms with Crippen LogP contribution in [-0.2, 0) is 9.47 Å². The maximum atomic E-state index is 12.3. The first kappa shape index (κ1) is 20.8. The molecule has 3 N–H and O–H groups in total. The van der Waals surface area contributed by atoms with Crippen molar-refractivity contribution in [2.24, 2.45) is 10.7 Å². The number of guanidine groups is 1. The van der Waals surface area contributed by atoms with Gasteiger partial charge in [0.1, 0.15) is 0 Å². The number of rotatable bonds is 5. The van der Waals surface area contributed by atoms with Crippen molar-refractivity contribution in [3.05, 3.63) is 24.3 Å². The van der Waals surface area contributed by atoms with E-state index in [4.69, 9.17) is 15.2 Å². The van der Waals surface area contributed by atoms with Crippen molar-refractivity contribution < 1.29 is 27.4 Å². The van der Waals surface area contributed by atoms with Crippen LogP contribution in [0.4, 0.5) is 18.9 Å². The van der Waals surface area contributed by atoms with Crippen molar-refractivity contribution in [3.63, 3.8) is 0 Å². The van der Waals surface area contributed by atoms with Gasteiger partial charge in [-0.25, -0.2) is 0 Å². The Labute approximate surface area is 154 Å². The zero-order valence-electron chi connectivity index (χ0n) is 12.9. The van der Waals surface area contributed by atoms with Crippen LogP contribution in [0.3, 0.4) is 0 Å². The molecule has 0 bridgehead atoms. The summed E-state index contributed by atoms with van der Waals surface area (Å²) in [6, 6.07) is 5.58. The number of hydrogen-bond acceptors (Lipinski definition) is 4. The first-order valence-electron chi connectivity index (χ1n) is 6.97. The molecule has 0 amide bonds. The normalized spacial score (nSPS) is 17.2. The van der Waals surface area contributed by atoms with Crippen molar-refractivity contribution >= 4 is 35.6 Å². The molecule has 0 aliphatic carbocycles. The smallest absolute Gasteiger partial charge is 0.404 e. The molecule has 0 aromatic heterocycles. The van der Waals surface area contributed by atoms with E-state index in [0.717, 1.165) is 0 Å². The van der Waals surface area contributed by atoms with Gasteiger partial charge in [0, 0.05) is 13.0 Å². The van der Waals surface area contributed by atoms with Crippen LogP contribution >= 0.6 is 24.0 Å². The fraction of sp³-hybridized carbons (Fsp3) is 0.500. The number of hydrogen-bond donors (Lipinski definition) is 2. The fourth-order valence-electron chi connectivity index (χ4n) is 2.04. The summed E-state index contributed by atoms with van der Waals surface area (Å²) < 4.78 is 51.8. The molecule has 6 nitrogen and oxygen atoms in total. The molecule has 10 heteroatoms. The Morgan fingerprint density at radius 2 is 1.96 bits per heavy atom. The second kappa shape index (κ2) is 8.72. The fourth-order valence-corrected chi connectivity index (χ4v) is 2.04. The molecule has 0 radical (unpaired) electrons. The molecule has 0 spiro atoms. The Bertz CT molecular complexity index is 564. The summed E-state index contributed by atoms with van der Waals surface area (Å²) in [4.78, 5) is 4.05. The first-order valence-corrected chi connectivity index (χ1v) is 6.97. The van der Waals surface area contributed by atoms with Crippen LogP contribution in [0.25, 0.3) is 0 Å². The molecule has 0 unspecified atom stereocenters. The Kier molecular flexibility index (Phi) is 7.55. The van der Waals surface area contributed by atoms with E-state index in [1.54, 1.807) is 13.0 Å². The van der Waals surface area contributed by atoms with E-state index in [1.807, 2.05) is 0 Å². The molecule has 1 aliphatic rings. The lowest BCUT2D eigenvalue weighted by molar-refractivity contribution is -0.274. The van der Waals surface area contributed by atoms with Crippen LogP contribution in [0.5, 0.6) is 5.75 Å². The highest BCUT2D eigenvalue weighted by molar-refractivity contribution is 14.0. The van der Waals surface area contributed by atoms with Gasteiger partial charge >= 0.3 is 6.36 Å². The Morgan fingerprint density at radius 1 is 1.33 bits per heavy atom. The molecule has 0 saturated carbocycles. The number of benzene rings is 1. The van der Waals surface area contributed by atoms with Crippen LogP contribution < -0.4 is 15.8 Å². The third-order valence-electron chi connectivity index (χ3n) is 3.12. The summed E-state index contributed by atoms with van der Waals surface area (Å²) in [6.07, 6.45) is -4.30. The zero-order valence-corrected chi connectivity index (χ0v) is 15.3. The number of halogens is 4. The van der Waals surface area contributed by atoms with Crippen molar-refractivity contribution in [2.75, 3.05) is 25.1 Å². The predicted octanol–water partition coefficient (Wildman–Crippen LogP) is 3.08. The molecule has 1 fully saturated rings. The van der Waals surface area contributed by atoms with Gasteiger partial charge in [0.15, 0.2) is 17.5 Å². The lowest BCUT2D eigenvalue weighted by Gasteiger charge is -2.21. The van der Waals surface area contributed by atoms with Gasteiger partial charge in [0.2, 0.25) is 0 Å². The van der Waals surface area contributed by atoms with Gasteiger partial charge in [0.05, 0.1) is 18.9 Å². The second-order valence-electron chi connectivity index (χ2n) is 5.02. The molecular weight excluding hydrogens is 442 g/mol. The zero-order chi connectivity index (χ0) is 16.9. The molecule has 136 valence electrons. The van der Waals surface area contributed by atoms with E-state index in [1.165, 1.54) is 18.2 Å². The van der Waals surface area contributed by atoms with Gasteiger partial charge in [-0.1, -0.05) is 12.1 Å². The summed E-state index contributed by atoms with van der Waals surface area (Å²) >= 11 is 0. The second-order valence-corrected chi connectivity index (χ2v) is 5.02. The summed E-state index contributed by atoms with van der Waals surface area (Å²) in [5.74, 6) is -1.10. The topological polar surface area (TPSA) is 78.1 Å². The van der Waals surface area contributed by atoms with Gasteiger partial charge in [0.25, 0.3) is 0 Å². The maximum Gasteiger partial charge on any atom is 0.573 e. The number of nitrogens with two attached hydrogens (primary N) is 1. The quantitative estimate of drug-likeness (QED) is 0.401. The molecule has 1 aromatic carbocycles. The van der Waals surface area contributed by atoms with Crippen LogP contribution in [0.2, 0.25) is 0 Å². The predicted molar refractivity (Wildman–Crippen MR) is 93.6 cm³/mol. The highest BCUT2D eigenvalue weighted by Crippen LogP contribution is 2.29. The van der Waals surface area contributed by atoms with E-state index in [2.05, 4.69) is 15.0 Å². The van der Waals surface area contributed by atoms with Gasteiger partial charge in [-0.15, -0.1) is 37.1 Å². The van der Waals surface area contributed by atoms with Crippen LogP contribution in [0.1, 0.15) is 13.3 Å². The number of aliphatic imine (C=N–C) groups is 1. The minimum absolute atomic E-state index is 0. The van der Waals surface area contributed by atoms with Crippen molar-refractivity contribution in [1.82, 2.24) is 0 Å². The molecule has 1 aromatic rings. The lowest BCUT2D eigenvalue weighted by atomic mass is 10.2. The van der Waals surface area contributed by atoms with Gasteiger partial charge in [-0.2, -0.15) is 0 Å². The molecule has 1 heterocycles. The third-order valence-corrected chi connectivity index (χ3v) is 3.12. The Morgan fingerprint density at radius 3 is 2.58 bits per heavy atom. The largest absolute Gasteiger partial charge is 0.573 e. The maximum absolute atomic E-state index is 12.3. The van der Waals surface area contributed by atoms with Crippen molar-refractivity contribution in [2.45, 2.75) is 25.5 Å². The van der Waals surface area contributed by atoms with Crippen LogP contribution in [0, 0.1) is 0 Å². The number of ether oxygens (including phenoxy) is 3. The molecule has 24 heavy (non-hydrogen) atoms. The standard InChI is InChI=1S/C14H18F3N3O3.HI/c1-13(21-8-9-22-13)6-7-19-12(18)20-10-4-2-3-5-11(10)23-14(15,16)17;/h2-5H,6-9H2,1H3,(H3,18,19,20);1H. The highest BCUT2D eigenvalue weighted by atomic mass is 127. The lowest BCUT2D eigenvalue weighted by Crippen LogP contribution is -2.28. The first-order chi connectivity index (χ1) is 10.8. The summed E-state index contributed by atoms with van der Waals surface area (Å²) in [6.45, 7) is 3.15. The van der Waals surface area contributed by atoms with Crippen LogP contribution in [0.15, 0.2) is 29.3 Å².